The Balaban J connectivity index is 1.74. The molecule has 3 rings (SSSR count). The molecule has 1 amide bonds. The molecule has 0 bridgehead atoms. The second-order valence-electron chi connectivity index (χ2n) is 5.81. The standard InChI is InChI=1S/C19H18F3N3O2/c1-2-27-15-8-7-13-5-3-4-6-14(13)17(15)18(26)23-10-12-25-11-9-16(24-25)19(20,21)22/h3-9,11H,2,10,12H2,1H3,(H,23,26). The van der Waals surface area contributed by atoms with E-state index >= 15 is 0 Å². The third-order valence-corrected chi connectivity index (χ3v) is 3.98. The molecule has 1 heterocycles. The van der Waals surface area contributed by atoms with Gasteiger partial charge >= 0.3 is 6.18 Å². The first-order chi connectivity index (χ1) is 12.9. The normalized spacial score (nSPS) is 11.6. The zero-order chi connectivity index (χ0) is 19.4. The van der Waals surface area contributed by atoms with Crippen molar-refractivity contribution in [2.24, 2.45) is 0 Å². The number of aromatic nitrogens is 2. The summed E-state index contributed by atoms with van der Waals surface area (Å²) >= 11 is 0. The second kappa shape index (κ2) is 7.69. The largest absolute Gasteiger partial charge is 0.493 e. The molecule has 0 unspecified atom stereocenters. The first-order valence-corrected chi connectivity index (χ1v) is 8.43. The molecule has 8 heteroatoms. The zero-order valence-corrected chi connectivity index (χ0v) is 14.6. The fourth-order valence-corrected chi connectivity index (χ4v) is 2.77. The highest BCUT2D eigenvalue weighted by Gasteiger charge is 2.33. The Morgan fingerprint density at radius 1 is 1.19 bits per heavy atom. The minimum Gasteiger partial charge on any atom is -0.493 e. The van der Waals surface area contributed by atoms with Crippen molar-refractivity contribution in [3.8, 4) is 5.75 Å². The lowest BCUT2D eigenvalue weighted by atomic mass is 10.0. The van der Waals surface area contributed by atoms with Gasteiger partial charge in [0.25, 0.3) is 5.91 Å². The molecule has 0 saturated carbocycles. The number of nitrogens with zero attached hydrogens (tertiary/aromatic N) is 2. The van der Waals surface area contributed by atoms with Gasteiger partial charge in [0.05, 0.1) is 18.7 Å². The van der Waals surface area contributed by atoms with Crippen molar-refractivity contribution in [1.29, 1.82) is 0 Å². The summed E-state index contributed by atoms with van der Waals surface area (Å²) in [6.07, 6.45) is -3.25. The van der Waals surface area contributed by atoms with E-state index in [4.69, 9.17) is 4.74 Å². The van der Waals surface area contributed by atoms with E-state index < -0.39 is 11.9 Å². The summed E-state index contributed by atoms with van der Waals surface area (Å²) in [7, 11) is 0. The predicted octanol–water partition coefficient (Wildman–Crippen LogP) is 3.88. The maximum absolute atomic E-state index is 12.7. The van der Waals surface area contributed by atoms with Gasteiger partial charge in [-0.2, -0.15) is 18.3 Å². The fourth-order valence-electron chi connectivity index (χ4n) is 2.77. The number of rotatable bonds is 6. The number of carbonyl (C=O) groups is 1. The molecule has 0 radical (unpaired) electrons. The summed E-state index contributed by atoms with van der Waals surface area (Å²) < 4.78 is 44.5. The van der Waals surface area contributed by atoms with E-state index in [2.05, 4.69) is 10.4 Å². The molecule has 1 aromatic heterocycles. The van der Waals surface area contributed by atoms with Crippen LogP contribution in [0.2, 0.25) is 0 Å². The van der Waals surface area contributed by atoms with Gasteiger partial charge in [-0.3, -0.25) is 9.48 Å². The van der Waals surface area contributed by atoms with Crippen LogP contribution in [0.4, 0.5) is 13.2 Å². The van der Waals surface area contributed by atoms with Crippen molar-refractivity contribution < 1.29 is 22.7 Å². The molecule has 0 spiro atoms. The molecule has 0 saturated heterocycles. The van der Waals surface area contributed by atoms with Gasteiger partial charge in [0.1, 0.15) is 5.75 Å². The Morgan fingerprint density at radius 3 is 2.67 bits per heavy atom. The van der Waals surface area contributed by atoms with Gasteiger partial charge in [-0.1, -0.05) is 30.3 Å². The van der Waals surface area contributed by atoms with Crippen molar-refractivity contribution in [2.75, 3.05) is 13.2 Å². The molecule has 0 aliphatic heterocycles. The third-order valence-electron chi connectivity index (χ3n) is 3.98. The van der Waals surface area contributed by atoms with Gasteiger partial charge in [0.15, 0.2) is 5.69 Å². The average Bonchev–Trinajstić information content (AvgIpc) is 3.11. The molecular formula is C19H18F3N3O2. The monoisotopic (exact) mass is 377 g/mol. The van der Waals surface area contributed by atoms with Crippen LogP contribution in [0.3, 0.4) is 0 Å². The van der Waals surface area contributed by atoms with Crippen LogP contribution in [-0.2, 0) is 12.7 Å². The summed E-state index contributed by atoms with van der Waals surface area (Å²) in [5.74, 6) is 0.116. The zero-order valence-electron chi connectivity index (χ0n) is 14.6. The van der Waals surface area contributed by atoms with Crippen LogP contribution in [0.1, 0.15) is 23.0 Å². The van der Waals surface area contributed by atoms with E-state index in [0.717, 1.165) is 21.5 Å². The Morgan fingerprint density at radius 2 is 1.96 bits per heavy atom. The van der Waals surface area contributed by atoms with E-state index in [1.165, 1.54) is 6.20 Å². The number of hydrogen-bond donors (Lipinski definition) is 1. The minimum atomic E-state index is -4.48. The topological polar surface area (TPSA) is 56.1 Å². The third kappa shape index (κ3) is 4.21. The van der Waals surface area contributed by atoms with E-state index in [9.17, 15) is 18.0 Å². The Labute approximate surface area is 153 Å². The highest BCUT2D eigenvalue weighted by molar-refractivity contribution is 6.09. The fraction of sp³-hybridized carbons (Fsp3) is 0.263. The molecule has 0 atom stereocenters. The number of amides is 1. The van der Waals surface area contributed by atoms with Crippen LogP contribution in [-0.4, -0.2) is 28.8 Å². The van der Waals surface area contributed by atoms with Crippen LogP contribution in [0, 0.1) is 0 Å². The van der Waals surface area contributed by atoms with Crippen molar-refractivity contribution in [1.82, 2.24) is 15.1 Å². The molecule has 0 fully saturated rings. The molecular weight excluding hydrogens is 359 g/mol. The molecule has 1 N–H and O–H groups in total. The number of fused-ring (bicyclic) bond motifs is 1. The van der Waals surface area contributed by atoms with Crippen LogP contribution in [0.25, 0.3) is 10.8 Å². The quantitative estimate of drug-likeness (QED) is 0.709. The van der Waals surface area contributed by atoms with E-state index in [-0.39, 0.29) is 19.0 Å². The smallest absolute Gasteiger partial charge is 0.435 e. The maximum Gasteiger partial charge on any atom is 0.435 e. The van der Waals surface area contributed by atoms with Gasteiger partial charge in [-0.25, -0.2) is 0 Å². The predicted molar refractivity (Wildman–Crippen MR) is 94.7 cm³/mol. The Kier molecular flexibility index (Phi) is 5.34. The van der Waals surface area contributed by atoms with Crippen LogP contribution < -0.4 is 10.1 Å². The molecule has 142 valence electrons. The van der Waals surface area contributed by atoms with E-state index in [1.807, 2.05) is 37.3 Å². The minimum absolute atomic E-state index is 0.122. The molecule has 3 aromatic rings. The molecule has 5 nitrogen and oxygen atoms in total. The summed E-state index contributed by atoms with van der Waals surface area (Å²) in [6, 6.07) is 11.9. The Hall–Kier alpha value is -3.03. The number of hydrogen-bond acceptors (Lipinski definition) is 3. The summed E-state index contributed by atoms with van der Waals surface area (Å²) in [5.41, 5.74) is -0.548. The summed E-state index contributed by atoms with van der Waals surface area (Å²) in [4.78, 5) is 12.7. The number of nitrogens with one attached hydrogen (secondary N) is 1. The highest BCUT2D eigenvalue weighted by Crippen LogP contribution is 2.28. The maximum atomic E-state index is 12.7. The number of alkyl halides is 3. The van der Waals surface area contributed by atoms with Crippen molar-refractivity contribution in [3.63, 3.8) is 0 Å². The second-order valence-corrected chi connectivity index (χ2v) is 5.81. The van der Waals surface area contributed by atoms with Crippen LogP contribution >= 0.6 is 0 Å². The number of halogens is 3. The van der Waals surface area contributed by atoms with Gasteiger partial charge in [0, 0.05) is 12.7 Å². The van der Waals surface area contributed by atoms with Gasteiger partial charge < -0.3 is 10.1 Å². The molecule has 0 aliphatic rings. The Bertz CT molecular complexity index is 951. The van der Waals surface area contributed by atoms with Crippen molar-refractivity contribution in [3.05, 3.63) is 59.9 Å². The summed E-state index contributed by atoms with van der Waals surface area (Å²) in [6.45, 7) is 2.49. The highest BCUT2D eigenvalue weighted by atomic mass is 19.4. The van der Waals surface area contributed by atoms with Gasteiger partial charge in [-0.15, -0.1) is 0 Å². The molecule has 27 heavy (non-hydrogen) atoms. The summed E-state index contributed by atoms with van der Waals surface area (Å²) in [5, 5.41) is 7.83. The van der Waals surface area contributed by atoms with Crippen LogP contribution in [0.5, 0.6) is 5.75 Å². The first-order valence-electron chi connectivity index (χ1n) is 8.43. The molecule has 2 aromatic carbocycles. The number of carbonyl (C=O) groups excluding carboxylic acids is 1. The number of ether oxygens (including phenoxy) is 1. The first kappa shape index (κ1) is 18.8. The SMILES string of the molecule is CCOc1ccc2ccccc2c1C(=O)NCCn1ccc(C(F)(F)F)n1. The van der Waals surface area contributed by atoms with Crippen molar-refractivity contribution in [2.45, 2.75) is 19.6 Å². The van der Waals surface area contributed by atoms with Crippen LogP contribution in [0.15, 0.2) is 48.7 Å². The lowest BCUT2D eigenvalue weighted by Gasteiger charge is -2.13. The van der Waals surface area contributed by atoms with Crippen molar-refractivity contribution >= 4 is 16.7 Å². The molecule has 0 aliphatic carbocycles. The van der Waals surface area contributed by atoms with Gasteiger partial charge in [-0.05, 0) is 29.8 Å². The van der Waals surface area contributed by atoms with E-state index in [1.54, 1.807) is 6.07 Å². The van der Waals surface area contributed by atoms with Gasteiger partial charge in [0.2, 0.25) is 0 Å². The lowest BCUT2D eigenvalue weighted by molar-refractivity contribution is -0.141. The lowest BCUT2D eigenvalue weighted by Crippen LogP contribution is -2.28. The van der Waals surface area contributed by atoms with E-state index in [0.29, 0.717) is 17.9 Å². The average molecular weight is 377 g/mol. The number of benzene rings is 2.